The van der Waals surface area contributed by atoms with E-state index in [9.17, 15) is 4.79 Å². The van der Waals surface area contributed by atoms with Crippen LogP contribution in [-0.2, 0) is 0 Å². The lowest BCUT2D eigenvalue weighted by molar-refractivity contribution is 0.0818. The van der Waals surface area contributed by atoms with Gasteiger partial charge < -0.3 is 4.74 Å². The Morgan fingerprint density at radius 2 is 1.89 bits per heavy atom. The van der Waals surface area contributed by atoms with Crippen molar-refractivity contribution in [3.63, 3.8) is 0 Å². The molecule has 0 radical (unpaired) electrons. The molecule has 2 aromatic rings. The molecule has 0 unspecified atom stereocenters. The van der Waals surface area contributed by atoms with Gasteiger partial charge in [-0.1, -0.05) is 45.7 Å². The quantitative estimate of drug-likeness (QED) is 0.751. The lowest BCUT2D eigenvalue weighted by Gasteiger charge is -2.14. The fraction of sp³-hybridized carbons (Fsp3) is 0.133. The van der Waals surface area contributed by atoms with Crippen LogP contribution in [0.15, 0.2) is 53.0 Å². The van der Waals surface area contributed by atoms with Gasteiger partial charge in [-0.05, 0) is 37.3 Å². The van der Waals surface area contributed by atoms with Gasteiger partial charge in [0.25, 0.3) is 0 Å². The summed E-state index contributed by atoms with van der Waals surface area (Å²) in [5, 5.41) is 0.584. The number of ketones is 1. The molecular formula is C15H12BrClO2. The van der Waals surface area contributed by atoms with Crippen LogP contribution in [0, 0.1) is 0 Å². The van der Waals surface area contributed by atoms with Crippen LogP contribution in [0.1, 0.15) is 17.3 Å². The van der Waals surface area contributed by atoms with E-state index in [4.69, 9.17) is 16.3 Å². The maximum atomic E-state index is 12.2. The Balaban J connectivity index is 2.09. The topological polar surface area (TPSA) is 26.3 Å². The van der Waals surface area contributed by atoms with E-state index in [1.165, 1.54) is 0 Å². The van der Waals surface area contributed by atoms with Crippen LogP contribution in [-0.4, -0.2) is 11.9 Å². The maximum Gasteiger partial charge on any atom is 0.202 e. The van der Waals surface area contributed by atoms with Crippen molar-refractivity contribution in [2.45, 2.75) is 13.0 Å². The molecular weight excluding hydrogens is 328 g/mol. The van der Waals surface area contributed by atoms with Crippen LogP contribution in [0.25, 0.3) is 0 Å². The number of ether oxygens (including phenoxy) is 1. The first-order valence-electron chi connectivity index (χ1n) is 5.78. The Kier molecular flexibility index (Phi) is 4.61. The van der Waals surface area contributed by atoms with E-state index in [0.717, 1.165) is 4.47 Å². The predicted octanol–water partition coefficient (Wildman–Crippen LogP) is 4.75. The largest absolute Gasteiger partial charge is 0.483 e. The lowest BCUT2D eigenvalue weighted by Crippen LogP contribution is -2.23. The van der Waals surface area contributed by atoms with Gasteiger partial charge in [0.2, 0.25) is 5.78 Å². The number of carbonyl (C=O) groups is 1. The van der Waals surface area contributed by atoms with Crippen molar-refractivity contribution in [2.24, 2.45) is 0 Å². The molecule has 4 heteroatoms. The summed E-state index contributed by atoms with van der Waals surface area (Å²) in [4.78, 5) is 12.2. The van der Waals surface area contributed by atoms with E-state index in [0.29, 0.717) is 16.3 Å². The summed E-state index contributed by atoms with van der Waals surface area (Å²) in [6, 6.07) is 14.2. The second-order valence-electron chi connectivity index (χ2n) is 4.09. The maximum absolute atomic E-state index is 12.2. The first-order chi connectivity index (χ1) is 9.06. The van der Waals surface area contributed by atoms with Crippen LogP contribution in [0.3, 0.4) is 0 Å². The smallest absolute Gasteiger partial charge is 0.202 e. The first-order valence-corrected chi connectivity index (χ1v) is 6.95. The van der Waals surface area contributed by atoms with E-state index < -0.39 is 6.10 Å². The minimum Gasteiger partial charge on any atom is -0.483 e. The van der Waals surface area contributed by atoms with E-state index in [-0.39, 0.29) is 5.78 Å². The molecule has 0 saturated carbocycles. The molecule has 0 N–H and O–H groups in total. The number of benzene rings is 2. The molecule has 0 saturated heterocycles. The van der Waals surface area contributed by atoms with Gasteiger partial charge in [-0.25, -0.2) is 0 Å². The monoisotopic (exact) mass is 338 g/mol. The minimum absolute atomic E-state index is 0.0625. The van der Waals surface area contributed by atoms with Gasteiger partial charge in [-0.2, -0.15) is 0 Å². The zero-order valence-corrected chi connectivity index (χ0v) is 12.6. The molecule has 0 amide bonds. The van der Waals surface area contributed by atoms with Gasteiger partial charge in [0.15, 0.2) is 6.10 Å². The molecule has 2 rings (SSSR count). The molecule has 0 fully saturated rings. The summed E-state index contributed by atoms with van der Waals surface area (Å²) >= 11 is 9.21. The number of carbonyl (C=O) groups excluding carboxylic acids is 1. The lowest BCUT2D eigenvalue weighted by atomic mass is 10.1. The standard InChI is InChI=1S/C15H12BrClO2/c1-10(19-14-4-2-3-13(17)9-14)15(18)11-5-7-12(16)8-6-11/h2-10H,1H3/t10-/m1/s1. The van der Waals surface area contributed by atoms with Crippen LogP contribution in [0.2, 0.25) is 5.02 Å². The molecule has 2 aromatic carbocycles. The van der Waals surface area contributed by atoms with Crippen LogP contribution < -0.4 is 4.74 Å². The first kappa shape index (κ1) is 14.1. The molecule has 0 aromatic heterocycles. The van der Waals surface area contributed by atoms with Crippen molar-refractivity contribution < 1.29 is 9.53 Å². The number of rotatable bonds is 4. The van der Waals surface area contributed by atoms with E-state index in [1.807, 2.05) is 12.1 Å². The van der Waals surface area contributed by atoms with Gasteiger partial charge in [-0.15, -0.1) is 0 Å². The highest BCUT2D eigenvalue weighted by Gasteiger charge is 2.16. The zero-order chi connectivity index (χ0) is 13.8. The van der Waals surface area contributed by atoms with Gasteiger partial charge >= 0.3 is 0 Å². The molecule has 2 nitrogen and oxygen atoms in total. The molecule has 0 aliphatic heterocycles. The normalized spacial score (nSPS) is 11.9. The fourth-order valence-electron chi connectivity index (χ4n) is 1.65. The molecule has 98 valence electrons. The van der Waals surface area contributed by atoms with Crippen molar-refractivity contribution in [1.82, 2.24) is 0 Å². The van der Waals surface area contributed by atoms with Crippen LogP contribution >= 0.6 is 27.5 Å². The van der Waals surface area contributed by atoms with Crippen molar-refractivity contribution in [3.8, 4) is 5.75 Å². The third-order valence-corrected chi connectivity index (χ3v) is 3.37. The Morgan fingerprint density at radius 1 is 1.21 bits per heavy atom. The summed E-state index contributed by atoms with van der Waals surface area (Å²) in [7, 11) is 0. The highest BCUT2D eigenvalue weighted by atomic mass is 79.9. The minimum atomic E-state index is -0.556. The molecule has 0 spiro atoms. The number of hydrogen-bond acceptors (Lipinski definition) is 2. The second-order valence-corrected chi connectivity index (χ2v) is 5.44. The Hall–Kier alpha value is -1.32. The molecule has 0 bridgehead atoms. The fourth-order valence-corrected chi connectivity index (χ4v) is 2.09. The molecule has 1 atom stereocenters. The van der Waals surface area contributed by atoms with Gasteiger partial charge in [-0.3, -0.25) is 4.79 Å². The van der Waals surface area contributed by atoms with Crippen molar-refractivity contribution in [3.05, 3.63) is 63.6 Å². The molecule has 0 aliphatic rings. The average Bonchev–Trinajstić information content (AvgIpc) is 2.39. The summed E-state index contributed by atoms with van der Waals surface area (Å²) in [6.45, 7) is 1.73. The predicted molar refractivity (Wildman–Crippen MR) is 80.0 cm³/mol. The molecule has 0 heterocycles. The average molecular weight is 340 g/mol. The van der Waals surface area contributed by atoms with E-state index in [2.05, 4.69) is 15.9 Å². The number of halogens is 2. The van der Waals surface area contributed by atoms with E-state index in [1.54, 1.807) is 43.3 Å². The SMILES string of the molecule is C[C@@H](Oc1cccc(Cl)c1)C(=O)c1ccc(Br)cc1. The van der Waals surface area contributed by atoms with Gasteiger partial charge in [0.1, 0.15) is 5.75 Å². The van der Waals surface area contributed by atoms with Crippen molar-refractivity contribution >= 4 is 33.3 Å². The number of hydrogen-bond donors (Lipinski definition) is 0. The van der Waals surface area contributed by atoms with Gasteiger partial charge in [0, 0.05) is 15.1 Å². The van der Waals surface area contributed by atoms with Crippen molar-refractivity contribution in [2.75, 3.05) is 0 Å². The Morgan fingerprint density at radius 3 is 2.53 bits per heavy atom. The summed E-state index contributed by atoms with van der Waals surface area (Å²) in [6.07, 6.45) is -0.556. The third-order valence-electron chi connectivity index (χ3n) is 2.61. The van der Waals surface area contributed by atoms with Crippen LogP contribution in [0.4, 0.5) is 0 Å². The van der Waals surface area contributed by atoms with Crippen molar-refractivity contribution in [1.29, 1.82) is 0 Å². The Bertz CT molecular complexity index is 581. The van der Waals surface area contributed by atoms with Gasteiger partial charge in [0.05, 0.1) is 0 Å². The third kappa shape index (κ3) is 3.82. The summed E-state index contributed by atoms with van der Waals surface area (Å²) in [5.41, 5.74) is 0.623. The number of Topliss-reactive ketones (excluding diaryl/α,β-unsaturated/α-hetero) is 1. The summed E-state index contributed by atoms with van der Waals surface area (Å²) in [5.74, 6) is 0.526. The summed E-state index contributed by atoms with van der Waals surface area (Å²) < 4.78 is 6.53. The van der Waals surface area contributed by atoms with Crippen LogP contribution in [0.5, 0.6) is 5.75 Å². The molecule has 19 heavy (non-hydrogen) atoms. The van der Waals surface area contributed by atoms with E-state index >= 15 is 0 Å². The Labute approximate surface area is 125 Å². The highest BCUT2D eigenvalue weighted by molar-refractivity contribution is 9.10. The second kappa shape index (κ2) is 6.22. The molecule has 0 aliphatic carbocycles. The highest BCUT2D eigenvalue weighted by Crippen LogP contribution is 2.20. The zero-order valence-electron chi connectivity index (χ0n) is 10.3.